The number of aromatic nitrogens is 2. The van der Waals surface area contributed by atoms with Gasteiger partial charge in [0.15, 0.2) is 0 Å². The molecule has 1 unspecified atom stereocenters. The first kappa shape index (κ1) is 11.4. The van der Waals surface area contributed by atoms with Crippen molar-refractivity contribution in [1.82, 2.24) is 15.5 Å². The van der Waals surface area contributed by atoms with E-state index < -0.39 is 0 Å². The van der Waals surface area contributed by atoms with Gasteiger partial charge >= 0.3 is 0 Å². The maximum atomic E-state index is 5.37. The molecule has 90 valence electrons. The largest absolute Gasteiger partial charge is 0.339 e. The molecule has 0 aliphatic carbocycles. The molecule has 2 heterocycles. The molecule has 5 heteroatoms. The van der Waals surface area contributed by atoms with Gasteiger partial charge in [-0.1, -0.05) is 0 Å². The average molecular weight is 224 g/mol. The monoisotopic (exact) mass is 224 g/mol. The van der Waals surface area contributed by atoms with Crippen molar-refractivity contribution >= 4 is 5.95 Å². The summed E-state index contributed by atoms with van der Waals surface area (Å²) in [4.78, 5) is 6.58. The third-order valence-corrected chi connectivity index (χ3v) is 3.30. The minimum absolute atomic E-state index is 0.127. The van der Waals surface area contributed by atoms with Crippen LogP contribution in [0.4, 0.5) is 5.95 Å². The van der Waals surface area contributed by atoms with Crippen molar-refractivity contribution in [2.24, 2.45) is 0 Å². The van der Waals surface area contributed by atoms with E-state index in [0.717, 1.165) is 26.1 Å². The quantitative estimate of drug-likeness (QED) is 0.840. The fourth-order valence-corrected chi connectivity index (χ4v) is 2.15. The Morgan fingerprint density at radius 3 is 2.75 bits per heavy atom. The van der Waals surface area contributed by atoms with Gasteiger partial charge in [0, 0.05) is 13.1 Å². The van der Waals surface area contributed by atoms with Crippen LogP contribution in [0.25, 0.3) is 0 Å². The summed E-state index contributed by atoms with van der Waals surface area (Å²) >= 11 is 0. The van der Waals surface area contributed by atoms with Gasteiger partial charge in [-0.2, -0.15) is 4.98 Å². The van der Waals surface area contributed by atoms with Gasteiger partial charge in [0.1, 0.15) is 0 Å². The van der Waals surface area contributed by atoms with E-state index in [1.54, 1.807) is 0 Å². The Kier molecular flexibility index (Phi) is 3.14. The summed E-state index contributed by atoms with van der Waals surface area (Å²) < 4.78 is 5.37. The van der Waals surface area contributed by atoms with E-state index in [0.29, 0.717) is 11.8 Å². The molecule has 1 aromatic rings. The van der Waals surface area contributed by atoms with Gasteiger partial charge in [0.25, 0.3) is 5.95 Å². The molecule has 1 atom stereocenters. The SMILES string of the molecule is CCN(CC)c1noc(C2(C)CCCN2)n1. The van der Waals surface area contributed by atoms with E-state index >= 15 is 0 Å². The predicted molar refractivity (Wildman–Crippen MR) is 62.4 cm³/mol. The number of rotatable bonds is 4. The summed E-state index contributed by atoms with van der Waals surface area (Å²) in [6.07, 6.45) is 2.23. The molecule has 2 rings (SSSR count). The highest BCUT2D eigenvalue weighted by atomic mass is 16.5. The molecule has 0 saturated carbocycles. The number of nitrogens with zero attached hydrogens (tertiary/aromatic N) is 3. The van der Waals surface area contributed by atoms with Crippen LogP contribution in [0.1, 0.15) is 39.5 Å². The molecule has 5 nitrogen and oxygen atoms in total. The number of hydrogen-bond donors (Lipinski definition) is 1. The lowest BCUT2D eigenvalue weighted by Crippen LogP contribution is -2.33. The Morgan fingerprint density at radius 1 is 1.44 bits per heavy atom. The zero-order valence-corrected chi connectivity index (χ0v) is 10.3. The summed E-state index contributed by atoms with van der Waals surface area (Å²) in [5.74, 6) is 1.42. The van der Waals surface area contributed by atoms with Crippen LogP contribution >= 0.6 is 0 Å². The summed E-state index contributed by atoms with van der Waals surface area (Å²) in [6.45, 7) is 9.14. The lowest BCUT2D eigenvalue weighted by atomic mass is 10.0. The van der Waals surface area contributed by atoms with E-state index in [2.05, 4.69) is 41.1 Å². The fourth-order valence-electron chi connectivity index (χ4n) is 2.15. The molecule has 0 aromatic carbocycles. The van der Waals surface area contributed by atoms with Gasteiger partial charge in [0.05, 0.1) is 5.54 Å². The lowest BCUT2D eigenvalue weighted by molar-refractivity contribution is 0.275. The topological polar surface area (TPSA) is 54.2 Å². The van der Waals surface area contributed by atoms with E-state index in [1.165, 1.54) is 6.42 Å². The Labute approximate surface area is 96.2 Å². The van der Waals surface area contributed by atoms with Crippen molar-refractivity contribution < 1.29 is 4.52 Å². The van der Waals surface area contributed by atoms with Crippen LogP contribution < -0.4 is 10.2 Å². The highest BCUT2D eigenvalue weighted by Crippen LogP contribution is 2.29. The van der Waals surface area contributed by atoms with Crippen molar-refractivity contribution in [2.45, 2.75) is 39.2 Å². The minimum Gasteiger partial charge on any atom is -0.339 e. The van der Waals surface area contributed by atoms with Crippen molar-refractivity contribution in [1.29, 1.82) is 0 Å². The van der Waals surface area contributed by atoms with Crippen molar-refractivity contribution in [2.75, 3.05) is 24.5 Å². The predicted octanol–water partition coefficient (Wildman–Crippen LogP) is 1.51. The third kappa shape index (κ3) is 1.91. The van der Waals surface area contributed by atoms with E-state index in [9.17, 15) is 0 Å². The van der Waals surface area contributed by atoms with Crippen LogP contribution in [0, 0.1) is 0 Å². The van der Waals surface area contributed by atoms with Gasteiger partial charge in [-0.05, 0) is 45.3 Å². The van der Waals surface area contributed by atoms with Crippen LogP contribution in [0.3, 0.4) is 0 Å². The smallest absolute Gasteiger partial charge is 0.266 e. The van der Waals surface area contributed by atoms with E-state index in [1.807, 2.05) is 0 Å². The Morgan fingerprint density at radius 2 is 2.19 bits per heavy atom. The number of hydrogen-bond acceptors (Lipinski definition) is 5. The standard InChI is InChI=1S/C11H20N4O/c1-4-15(5-2)10-13-9(16-14-10)11(3)7-6-8-12-11/h12H,4-8H2,1-3H3. The molecular weight excluding hydrogens is 204 g/mol. The second-order valence-electron chi connectivity index (χ2n) is 4.43. The fraction of sp³-hybridized carbons (Fsp3) is 0.818. The molecule has 1 aliphatic heterocycles. The average Bonchev–Trinajstić information content (AvgIpc) is 2.90. The summed E-state index contributed by atoms with van der Waals surface area (Å²) in [6, 6.07) is 0. The van der Waals surface area contributed by atoms with Crippen LogP contribution in [0.15, 0.2) is 4.52 Å². The van der Waals surface area contributed by atoms with Crippen LogP contribution in [-0.2, 0) is 5.54 Å². The molecular formula is C11H20N4O. The first-order valence-electron chi connectivity index (χ1n) is 6.03. The number of nitrogens with one attached hydrogen (secondary N) is 1. The molecule has 0 radical (unpaired) electrons. The normalized spacial score (nSPS) is 24.9. The van der Waals surface area contributed by atoms with Crippen LogP contribution in [-0.4, -0.2) is 29.8 Å². The van der Waals surface area contributed by atoms with Crippen LogP contribution in [0.2, 0.25) is 0 Å². The first-order chi connectivity index (χ1) is 7.69. The molecule has 1 fully saturated rings. The molecule has 1 aromatic heterocycles. The third-order valence-electron chi connectivity index (χ3n) is 3.30. The highest BCUT2D eigenvalue weighted by molar-refractivity contribution is 5.28. The molecule has 1 saturated heterocycles. The van der Waals surface area contributed by atoms with Gasteiger partial charge in [-0.25, -0.2) is 0 Å². The van der Waals surface area contributed by atoms with Crippen molar-refractivity contribution in [3.05, 3.63) is 5.89 Å². The van der Waals surface area contributed by atoms with Crippen LogP contribution in [0.5, 0.6) is 0 Å². The second kappa shape index (κ2) is 4.41. The molecule has 1 aliphatic rings. The second-order valence-corrected chi connectivity index (χ2v) is 4.43. The van der Waals surface area contributed by atoms with Crippen molar-refractivity contribution in [3.63, 3.8) is 0 Å². The maximum absolute atomic E-state index is 5.37. The molecule has 0 amide bonds. The van der Waals surface area contributed by atoms with E-state index in [-0.39, 0.29) is 5.54 Å². The molecule has 0 spiro atoms. The summed E-state index contributed by atoms with van der Waals surface area (Å²) in [5.41, 5.74) is -0.127. The zero-order chi connectivity index (χ0) is 11.6. The van der Waals surface area contributed by atoms with Gasteiger partial charge in [-0.3, -0.25) is 0 Å². The lowest BCUT2D eigenvalue weighted by Gasteiger charge is -2.18. The highest BCUT2D eigenvalue weighted by Gasteiger charge is 2.36. The molecule has 16 heavy (non-hydrogen) atoms. The van der Waals surface area contributed by atoms with Gasteiger partial charge in [-0.15, -0.1) is 0 Å². The Bertz CT molecular complexity index is 340. The summed E-state index contributed by atoms with van der Waals surface area (Å²) in [5, 5.41) is 7.47. The molecule has 1 N–H and O–H groups in total. The summed E-state index contributed by atoms with van der Waals surface area (Å²) in [7, 11) is 0. The van der Waals surface area contributed by atoms with Gasteiger partial charge in [0.2, 0.25) is 5.89 Å². The number of anilines is 1. The Balaban J connectivity index is 2.18. The van der Waals surface area contributed by atoms with E-state index in [4.69, 9.17) is 4.52 Å². The molecule has 0 bridgehead atoms. The first-order valence-corrected chi connectivity index (χ1v) is 6.03. The zero-order valence-electron chi connectivity index (χ0n) is 10.3. The maximum Gasteiger partial charge on any atom is 0.266 e. The van der Waals surface area contributed by atoms with Gasteiger partial charge < -0.3 is 14.7 Å². The Hall–Kier alpha value is -1.10. The minimum atomic E-state index is -0.127. The van der Waals surface area contributed by atoms with Crippen molar-refractivity contribution in [3.8, 4) is 0 Å².